The summed E-state index contributed by atoms with van der Waals surface area (Å²) in [5.74, 6) is 1.81. The molecule has 0 saturated carbocycles. The number of methoxy groups -OCH3 is 1. The van der Waals surface area contributed by atoms with Gasteiger partial charge in [0.25, 0.3) is 0 Å². The van der Waals surface area contributed by atoms with E-state index in [0.717, 1.165) is 25.9 Å². The van der Waals surface area contributed by atoms with Crippen molar-refractivity contribution in [1.29, 1.82) is 0 Å². The van der Waals surface area contributed by atoms with Gasteiger partial charge in [0.2, 0.25) is 17.8 Å². The number of nitrogens with one attached hydrogen (secondary N) is 1. The minimum absolute atomic E-state index is 0.333. The number of anilines is 2. The first-order valence-electron chi connectivity index (χ1n) is 7.00. The van der Waals surface area contributed by atoms with Crippen molar-refractivity contribution in [3.8, 4) is 5.95 Å². The summed E-state index contributed by atoms with van der Waals surface area (Å²) in [5, 5.41) is 2.98. The Morgan fingerprint density at radius 1 is 1.19 bits per heavy atom. The summed E-state index contributed by atoms with van der Waals surface area (Å²) in [7, 11) is 3.56. The number of hydrogen-bond donors (Lipinski definition) is 1. The highest BCUT2D eigenvalue weighted by Crippen LogP contribution is 2.19. The first-order valence-corrected chi connectivity index (χ1v) is 7.00. The fourth-order valence-electron chi connectivity index (χ4n) is 2.39. The van der Waals surface area contributed by atoms with Crippen molar-refractivity contribution in [2.24, 2.45) is 0 Å². The quantitative estimate of drug-likeness (QED) is 0.888. The molecule has 0 amide bonds. The van der Waals surface area contributed by atoms with Crippen molar-refractivity contribution in [2.45, 2.75) is 18.9 Å². The molecule has 2 aromatic rings. The molecule has 0 radical (unpaired) electrons. The van der Waals surface area contributed by atoms with E-state index >= 15 is 0 Å². The molecule has 1 saturated heterocycles. The predicted octanol–water partition coefficient (Wildman–Crippen LogP) is 0.714. The molecule has 1 N–H and O–H groups in total. The molecule has 21 heavy (non-hydrogen) atoms. The SMILES string of the molecule is CNc1nc(N2CCC(OC)CC2)nc(-n2ccnc2)n1. The molecule has 2 aromatic heterocycles. The Balaban J connectivity index is 1.86. The van der Waals surface area contributed by atoms with Crippen LogP contribution in [0.15, 0.2) is 18.7 Å². The van der Waals surface area contributed by atoms with Gasteiger partial charge in [-0.3, -0.25) is 4.57 Å². The van der Waals surface area contributed by atoms with Crippen LogP contribution in [0.25, 0.3) is 5.95 Å². The molecule has 1 fully saturated rings. The molecule has 0 bridgehead atoms. The Morgan fingerprint density at radius 2 is 1.95 bits per heavy atom. The van der Waals surface area contributed by atoms with Crippen molar-refractivity contribution in [2.75, 3.05) is 37.5 Å². The summed E-state index contributed by atoms with van der Waals surface area (Å²) >= 11 is 0. The van der Waals surface area contributed by atoms with Gasteiger partial charge in [0.05, 0.1) is 6.10 Å². The standard InChI is InChI=1S/C13H19N7O/c1-14-11-16-12(19-6-3-10(21-2)4-7-19)18-13(17-11)20-8-5-15-9-20/h5,8-10H,3-4,6-7H2,1-2H3,(H,14,16,17,18). The van der Waals surface area contributed by atoms with Crippen LogP contribution in [-0.2, 0) is 4.74 Å². The molecule has 3 heterocycles. The van der Waals surface area contributed by atoms with Gasteiger partial charge in [0, 0.05) is 39.6 Å². The molecule has 112 valence electrons. The first kappa shape index (κ1) is 13.7. The molecular weight excluding hydrogens is 270 g/mol. The zero-order chi connectivity index (χ0) is 14.7. The van der Waals surface area contributed by atoms with Gasteiger partial charge >= 0.3 is 0 Å². The van der Waals surface area contributed by atoms with Crippen LogP contribution in [0.4, 0.5) is 11.9 Å². The normalized spacial score (nSPS) is 16.2. The Labute approximate surface area is 123 Å². The molecule has 8 heteroatoms. The summed E-state index contributed by atoms with van der Waals surface area (Å²) in [4.78, 5) is 19.6. The van der Waals surface area contributed by atoms with Crippen LogP contribution in [0.2, 0.25) is 0 Å². The lowest BCUT2D eigenvalue weighted by atomic mass is 10.1. The molecule has 0 spiro atoms. The van der Waals surface area contributed by atoms with E-state index < -0.39 is 0 Å². The molecule has 3 rings (SSSR count). The number of aromatic nitrogens is 5. The van der Waals surface area contributed by atoms with Gasteiger partial charge in [-0.2, -0.15) is 15.0 Å². The number of nitrogens with zero attached hydrogens (tertiary/aromatic N) is 6. The highest BCUT2D eigenvalue weighted by Gasteiger charge is 2.21. The van der Waals surface area contributed by atoms with Gasteiger partial charge in [0.1, 0.15) is 6.33 Å². The van der Waals surface area contributed by atoms with Gasteiger partial charge in [-0.15, -0.1) is 0 Å². The third-order valence-corrected chi connectivity index (χ3v) is 3.63. The van der Waals surface area contributed by atoms with Crippen LogP contribution in [0.1, 0.15) is 12.8 Å². The molecule has 0 unspecified atom stereocenters. The molecular formula is C13H19N7O. The Bertz CT molecular complexity index is 578. The summed E-state index contributed by atoms with van der Waals surface area (Å²) in [6, 6.07) is 0. The number of imidazole rings is 1. The van der Waals surface area contributed by atoms with E-state index in [4.69, 9.17) is 4.74 Å². The second kappa shape index (κ2) is 6.04. The van der Waals surface area contributed by atoms with E-state index in [1.54, 1.807) is 31.2 Å². The Hall–Kier alpha value is -2.22. The van der Waals surface area contributed by atoms with Crippen LogP contribution >= 0.6 is 0 Å². The number of hydrogen-bond acceptors (Lipinski definition) is 7. The van der Waals surface area contributed by atoms with Gasteiger partial charge in [-0.1, -0.05) is 0 Å². The van der Waals surface area contributed by atoms with E-state index in [2.05, 4.69) is 30.2 Å². The predicted molar refractivity (Wildman–Crippen MR) is 78.7 cm³/mol. The third-order valence-electron chi connectivity index (χ3n) is 3.63. The smallest absolute Gasteiger partial charge is 0.241 e. The van der Waals surface area contributed by atoms with Gasteiger partial charge < -0.3 is 15.0 Å². The van der Waals surface area contributed by atoms with Crippen molar-refractivity contribution in [1.82, 2.24) is 24.5 Å². The number of ether oxygens (including phenoxy) is 1. The maximum absolute atomic E-state index is 5.40. The van der Waals surface area contributed by atoms with E-state index in [0.29, 0.717) is 23.9 Å². The van der Waals surface area contributed by atoms with Crippen LogP contribution in [-0.4, -0.2) is 57.9 Å². The van der Waals surface area contributed by atoms with Crippen LogP contribution in [0.5, 0.6) is 0 Å². The zero-order valence-electron chi connectivity index (χ0n) is 12.2. The second-order valence-electron chi connectivity index (χ2n) is 4.90. The minimum atomic E-state index is 0.333. The van der Waals surface area contributed by atoms with Gasteiger partial charge in [0.15, 0.2) is 0 Å². The van der Waals surface area contributed by atoms with Crippen molar-refractivity contribution >= 4 is 11.9 Å². The van der Waals surface area contributed by atoms with E-state index in [1.807, 2.05) is 6.20 Å². The summed E-state index contributed by atoms with van der Waals surface area (Å²) in [6.07, 6.45) is 7.49. The van der Waals surface area contributed by atoms with Crippen molar-refractivity contribution in [3.63, 3.8) is 0 Å². The van der Waals surface area contributed by atoms with Crippen LogP contribution in [0.3, 0.4) is 0 Å². The van der Waals surface area contributed by atoms with E-state index in [-0.39, 0.29) is 0 Å². The van der Waals surface area contributed by atoms with Crippen molar-refractivity contribution in [3.05, 3.63) is 18.7 Å². The fourth-order valence-corrected chi connectivity index (χ4v) is 2.39. The van der Waals surface area contributed by atoms with E-state index in [1.165, 1.54) is 0 Å². The summed E-state index contributed by atoms with van der Waals surface area (Å²) < 4.78 is 7.17. The molecule has 1 aliphatic heterocycles. The summed E-state index contributed by atoms with van der Waals surface area (Å²) in [5.41, 5.74) is 0. The zero-order valence-corrected chi connectivity index (χ0v) is 12.2. The lowest BCUT2D eigenvalue weighted by molar-refractivity contribution is 0.0816. The second-order valence-corrected chi connectivity index (χ2v) is 4.90. The highest BCUT2D eigenvalue weighted by atomic mass is 16.5. The Kier molecular flexibility index (Phi) is 3.96. The first-order chi connectivity index (χ1) is 10.3. The average Bonchev–Trinajstić information content (AvgIpc) is 3.09. The molecule has 0 atom stereocenters. The van der Waals surface area contributed by atoms with Gasteiger partial charge in [-0.25, -0.2) is 4.98 Å². The monoisotopic (exact) mass is 289 g/mol. The number of piperidine rings is 1. The van der Waals surface area contributed by atoms with Gasteiger partial charge in [-0.05, 0) is 12.8 Å². The third kappa shape index (κ3) is 2.94. The highest BCUT2D eigenvalue weighted by molar-refractivity contribution is 5.40. The lowest BCUT2D eigenvalue weighted by Crippen LogP contribution is -2.38. The van der Waals surface area contributed by atoms with Crippen LogP contribution in [0, 0.1) is 0 Å². The largest absolute Gasteiger partial charge is 0.381 e. The topological polar surface area (TPSA) is 81.0 Å². The molecule has 8 nitrogen and oxygen atoms in total. The minimum Gasteiger partial charge on any atom is -0.381 e. The Morgan fingerprint density at radius 3 is 2.57 bits per heavy atom. The fraction of sp³-hybridized carbons (Fsp3) is 0.538. The summed E-state index contributed by atoms with van der Waals surface area (Å²) in [6.45, 7) is 1.77. The van der Waals surface area contributed by atoms with Crippen LogP contribution < -0.4 is 10.2 Å². The molecule has 0 aromatic carbocycles. The molecule has 0 aliphatic carbocycles. The molecule has 1 aliphatic rings. The van der Waals surface area contributed by atoms with E-state index in [9.17, 15) is 0 Å². The lowest BCUT2D eigenvalue weighted by Gasteiger charge is -2.31. The maximum atomic E-state index is 5.40. The maximum Gasteiger partial charge on any atom is 0.241 e. The number of rotatable bonds is 4. The van der Waals surface area contributed by atoms with Crippen molar-refractivity contribution < 1.29 is 4.74 Å². The average molecular weight is 289 g/mol.